The number of aromatic nitrogens is 2. The molecule has 0 bridgehead atoms. The van der Waals surface area contributed by atoms with Gasteiger partial charge in [0.2, 0.25) is 5.91 Å². The van der Waals surface area contributed by atoms with E-state index in [2.05, 4.69) is 10.3 Å². The summed E-state index contributed by atoms with van der Waals surface area (Å²) in [6.07, 6.45) is 3.69. The van der Waals surface area contributed by atoms with Gasteiger partial charge < -0.3 is 9.88 Å². The van der Waals surface area contributed by atoms with Crippen LogP contribution < -0.4 is 5.32 Å². The predicted molar refractivity (Wildman–Crippen MR) is 89.7 cm³/mol. The van der Waals surface area contributed by atoms with Gasteiger partial charge in [-0.1, -0.05) is 30.0 Å². The van der Waals surface area contributed by atoms with Crippen LogP contribution in [0.1, 0.15) is 17.3 Å². The zero-order chi connectivity index (χ0) is 17.0. The Hall–Kier alpha value is -1.86. The maximum absolute atomic E-state index is 14.0. The van der Waals surface area contributed by atoms with Crippen molar-refractivity contribution in [3.63, 3.8) is 0 Å². The highest BCUT2D eigenvalue weighted by Gasteiger charge is 2.25. The third kappa shape index (κ3) is 3.92. The van der Waals surface area contributed by atoms with E-state index in [4.69, 9.17) is 0 Å². The minimum absolute atomic E-state index is 0.244. The molecule has 0 unspecified atom stereocenters. The second kappa shape index (κ2) is 7.61. The van der Waals surface area contributed by atoms with E-state index in [0.717, 1.165) is 10.9 Å². The summed E-state index contributed by atoms with van der Waals surface area (Å²) in [6.45, 7) is 0.349. The van der Waals surface area contributed by atoms with Crippen LogP contribution >= 0.6 is 11.8 Å². The van der Waals surface area contributed by atoms with Gasteiger partial charge in [-0.15, -0.1) is 0 Å². The summed E-state index contributed by atoms with van der Waals surface area (Å²) in [6, 6.07) is 5.67. The number of rotatable bonds is 6. The lowest BCUT2D eigenvalue weighted by atomic mass is 10.0. The van der Waals surface area contributed by atoms with Crippen LogP contribution in [-0.2, 0) is 18.4 Å². The van der Waals surface area contributed by atoms with E-state index in [9.17, 15) is 9.18 Å². The molecule has 5 nitrogen and oxygen atoms in total. The quantitative estimate of drug-likeness (QED) is 0.822. The van der Waals surface area contributed by atoms with Crippen LogP contribution in [0.4, 0.5) is 4.39 Å². The van der Waals surface area contributed by atoms with Crippen molar-refractivity contribution in [2.45, 2.75) is 17.7 Å². The highest BCUT2D eigenvalue weighted by Crippen LogP contribution is 2.21. The number of amides is 1. The average molecular weight is 336 g/mol. The molecule has 0 fully saturated rings. The van der Waals surface area contributed by atoms with E-state index in [1.165, 1.54) is 6.07 Å². The van der Waals surface area contributed by atoms with Gasteiger partial charge in [-0.2, -0.15) is 0 Å². The van der Waals surface area contributed by atoms with Crippen molar-refractivity contribution in [3.8, 4) is 0 Å². The molecule has 1 heterocycles. The highest BCUT2D eigenvalue weighted by atomic mass is 32.2. The van der Waals surface area contributed by atoms with Gasteiger partial charge in [-0.05, 0) is 26.4 Å². The maximum Gasteiger partial charge on any atom is 0.242 e. The molecule has 1 aromatic heterocycles. The molecular formula is C16H21FN4OS. The van der Waals surface area contributed by atoms with Gasteiger partial charge in [0.1, 0.15) is 11.9 Å². The Morgan fingerprint density at radius 1 is 1.43 bits per heavy atom. The van der Waals surface area contributed by atoms with Gasteiger partial charge >= 0.3 is 0 Å². The Morgan fingerprint density at radius 3 is 2.70 bits per heavy atom. The number of carbonyl (C=O) groups excluding carboxylic acids is 1. The molecule has 0 radical (unpaired) electrons. The first kappa shape index (κ1) is 17.5. The molecule has 124 valence electrons. The Morgan fingerprint density at radius 2 is 2.13 bits per heavy atom. The maximum atomic E-state index is 14.0. The largest absolute Gasteiger partial charge is 0.349 e. The van der Waals surface area contributed by atoms with Gasteiger partial charge in [0.05, 0.1) is 18.4 Å². The van der Waals surface area contributed by atoms with Crippen molar-refractivity contribution in [2.75, 3.05) is 20.4 Å². The van der Waals surface area contributed by atoms with Crippen LogP contribution in [0.3, 0.4) is 0 Å². The average Bonchev–Trinajstić information content (AvgIpc) is 2.87. The van der Waals surface area contributed by atoms with Crippen molar-refractivity contribution in [1.82, 2.24) is 19.8 Å². The summed E-state index contributed by atoms with van der Waals surface area (Å²) in [5.74, 6) is -0.626. The summed E-state index contributed by atoms with van der Waals surface area (Å²) in [5.41, 5.74) is 1.26. The van der Waals surface area contributed by atoms with Crippen LogP contribution in [0.2, 0.25) is 0 Å². The highest BCUT2D eigenvalue weighted by molar-refractivity contribution is 7.98. The Bertz CT molecular complexity index is 686. The second-order valence-electron chi connectivity index (χ2n) is 5.40. The molecule has 0 spiro atoms. The van der Waals surface area contributed by atoms with Crippen LogP contribution in [-0.4, -0.2) is 40.7 Å². The number of hydrogen-bond donors (Lipinski definition) is 1. The van der Waals surface area contributed by atoms with Crippen LogP contribution in [0.15, 0.2) is 35.6 Å². The summed E-state index contributed by atoms with van der Waals surface area (Å²) in [5, 5.41) is 3.75. The number of carbonyl (C=O) groups is 1. The first-order valence-electron chi connectivity index (χ1n) is 7.18. The lowest BCUT2D eigenvalue weighted by Crippen LogP contribution is -2.37. The van der Waals surface area contributed by atoms with E-state index in [1.54, 1.807) is 55.2 Å². The zero-order valence-corrected chi connectivity index (χ0v) is 14.5. The second-order valence-corrected chi connectivity index (χ2v) is 6.17. The molecule has 0 aliphatic rings. The van der Waals surface area contributed by atoms with Crippen molar-refractivity contribution in [1.29, 1.82) is 0 Å². The molecule has 1 atom stereocenters. The number of halogens is 1. The van der Waals surface area contributed by atoms with Gasteiger partial charge in [-0.3, -0.25) is 9.69 Å². The predicted octanol–water partition coefficient (Wildman–Crippen LogP) is 2.20. The van der Waals surface area contributed by atoms with Crippen molar-refractivity contribution in [2.24, 2.45) is 7.05 Å². The molecule has 2 aromatic rings. The zero-order valence-electron chi connectivity index (χ0n) is 13.7. The molecule has 1 aromatic carbocycles. The molecule has 7 heteroatoms. The molecular weight excluding hydrogens is 315 g/mol. The molecule has 2 rings (SSSR count). The van der Waals surface area contributed by atoms with Gasteiger partial charge in [0.25, 0.3) is 0 Å². The minimum atomic E-state index is -0.676. The van der Waals surface area contributed by atoms with E-state index in [0.29, 0.717) is 12.1 Å². The molecule has 0 saturated heterocycles. The fourth-order valence-corrected chi connectivity index (χ4v) is 2.95. The number of nitrogens with one attached hydrogen (secondary N) is 1. The van der Waals surface area contributed by atoms with Crippen LogP contribution in [0.25, 0.3) is 0 Å². The normalized spacial score (nSPS) is 12.4. The number of hydrogen-bond acceptors (Lipinski definition) is 4. The minimum Gasteiger partial charge on any atom is -0.349 e. The van der Waals surface area contributed by atoms with Crippen molar-refractivity contribution in [3.05, 3.63) is 47.5 Å². The summed E-state index contributed by atoms with van der Waals surface area (Å²) in [4.78, 5) is 18.5. The number of likely N-dealkylation sites (N-methyl/N-ethyl adjacent to an activating group) is 1. The van der Waals surface area contributed by atoms with Gasteiger partial charge in [0.15, 0.2) is 5.16 Å². The molecule has 1 amide bonds. The summed E-state index contributed by atoms with van der Waals surface area (Å²) < 4.78 is 15.9. The van der Waals surface area contributed by atoms with E-state index in [1.807, 2.05) is 17.9 Å². The van der Waals surface area contributed by atoms with E-state index in [-0.39, 0.29) is 11.7 Å². The third-order valence-corrected chi connectivity index (χ3v) is 4.38. The van der Waals surface area contributed by atoms with Crippen LogP contribution in [0.5, 0.6) is 0 Å². The fraction of sp³-hybridized carbons (Fsp3) is 0.375. The standard InChI is InChI=1S/C16H21FN4OS/c1-20(2)14(12-7-5-6-8-13(12)17)15(22)18-9-11-10-19-16(23-4)21(11)3/h5-8,10,14H,9H2,1-4H3,(H,18,22)/t14-/m0/s1. The Balaban J connectivity index is 2.13. The molecule has 0 aliphatic heterocycles. The fourth-order valence-electron chi connectivity index (χ4n) is 2.40. The summed E-state index contributed by atoms with van der Waals surface area (Å²) >= 11 is 1.54. The SMILES string of the molecule is CSc1ncc(CNC(=O)[C@H](c2ccccc2F)N(C)C)n1C. The van der Waals surface area contributed by atoms with E-state index >= 15 is 0 Å². The Labute approximate surface area is 139 Å². The number of benzene rings is 1. The molecule has 0 saturated carbocycles. The van der Waals surface area contributed by atoms with Crippen LogP contribution in [0, 0.1) is 5.82 Å². The third-order valence-electron chi connectivity index (χ3n) is 3.63. The molecule has 23 heavy (non-hydrogen) atoms. The monoisotopic (exact) mass is 336 g/mol. The number of thioether (sulfide) groups is 1. The lowest BCUT2D eigenvalue weighted by molar-refractivity contribution is -0.126. The topological polar surface area (TPSA) is 50.2 Å². The van der Waals surface area contributed by atoms with Gasteiger partial charge in [-0.25, -0.2) is 9.37 Å². The van der Waals surface area contributed by atoms with Crippen molar-refractivity contribution < 1.29 is 9.18 Å². The number of nitrogens with zero attached hydrogens (tertiary/aromatic N) is 3. The molecule has 1 N–H and O–H groups in total. The Kier molecular flexibility index (Phi) is 5.79. The van der Waals surface area contributed by atoms with Crippen molar-refractivity contribution >= 4 is 17.7 Å². The van der Waals surface area contributed by atoms with E-state index < -0.39 is 6.04 Å². The molecule has 0 aliphatic carbocycles. The number of imidazole rings is 1. The summed E-state index contributed by atoms with van der Waals surface area (Å²) in [7, 11) is 5.42. The first-order chi connectivity index (χ1) is 11.0. The lowest BCUT2D eigenvalue weighted by Gasteiger charge is -2.24. The van der Waals surface area contributed by atoms with Gasteiger partial charge in [0, 0.05) is 12.6 Å². The first-order valence-corrected chi connectivity index (χ1v) is 8.41. The smallest absolute Gasteiger partial charge is 0.242 e.